The maximum atomic E-state index is 11.9. The number of hydrogen-bond acceptors (Lipinski definition) is 3. The van der Waals surface area contributed by atoms with E-state index in [2.05, 4.69) is 0 Å². The van der Waals surface area contributed by atoms with Crippen LogP contribution < -0.4 is 5.73 Å². The van der Waals surface area contributed by atoms with Gasteiger partial charge in [0.25, 0.3) is 0 Å². The molecule has 0 aromatic heterocycles. The Morgan fingerprint density at radius 3 is 2.86 bits per heavy atom. The van der Waals surface area contributed by atoms with Crippen molar-refractivity contribution < 1.29 is 9.53 Å². The van der Waals surface area contributed by atoms with Crippen LogP contribution in [0.2, 0.25) is 0 Å². The Morgan fingerprint density at radius 1 is 1.71 bits per heavy atom. The van der Waals surface area contributed by atoms with Gasteiger partial charge in [-0.3, -0.25) is 4.79 Å². The fourth-order valence-electron chi connectivity index (χ4n) is 1.42. The van der Waals surface area contributed by atoms with Crippen molar-refractivity contribution in [3.05, 3.63) is 0 Å². The molecule has 2 unspecified atom stereocenters. The molecule has 14 heavy (non-hydrogen) atoms. The summed E-state index contributed by atoms with van der Waals surface area (Å²) in [5.74, 6) is -0.362. The van der Waals surface area contributed by atoms with Crippen LogP contribution in [0.3, 0.4) is 0 Å². The number of carbonyl (C=O) groups excluding carboxylic acids is 1. The van der Waals surface area contributed by atoms with Crippen molar-refractivity contribution in [2.75, 3.05) is 19.8 Å². The van der Waals surface area contributed by atoms with Gasteiger partial charge >= 0.3 is 0 Å². The molecule has 1 aliphatic heterocycles. The van der Waals surface area contributed by atoms with Crippen LogP contribution in [0.1, 0.15) is 13.8 Å². The van der Waals surface area contributed by atoms with Crippen molar-refractivity contribution >= 4 is 23.1 Å². The molecule has 0 bridgehead atoms. The fraction of sp³-hybridized carbons (Fsp3) is 0.778. The predicted octanol–water partition coefficient (Wildman–Crippen LogP) is 0.156. The van der Waals surface area contributed by atoms with Gasteiger partial charge in [-0.15, -0.1) is 0 Å². The van der Waals surface area contributed by atoms with E-state index in [-0.39, 0.29) is 22.9 Å². The molecule has 1 amide bonds. The summed E-state index contributed by atoms with van der Waals surface area (Å²) in [6.07, 6.45) is 0. The average molecular weight is 216 g/mol. The molecule has 2 atom stereocenters. The first-order chi connectivity index (χ1) is 6.54. The Kier molecular flexibility index (Phi) is 3.83. The van der Waals surface area contributed by atoms with E-state index in [1.54, 1.807) is 11.8 Å². The summed E-state index contributed by atoms with van der Waals surface area (Å²) in [7, 11) is 0. The molecule has 80 valence electrons. The van der Waals surface area contributed by atoms with Crippen LogP contribution in [0.5, 0.6) is 0 Å². The lowest BCUT2D eigenvalue weighted by Gasteiger charge is -2.34. The number of nitrogens with two attached hydrogens (primary N) is 1. The molecule has 1 saturated heterocycles. The summed E-state index contributed by atoms with van der Waals surface area (Å²) in [6, 6.07) is 0.119. The van der Waals surface area contributed by atoms with Gasteiger partial charge < -0.3 is 15.4 Å². The van der Waals surface area contributed by atoms with Gasteiger partial charge in [0.05, 0.1) is 30.2 Å². The van der Waals surface area contributed by atoms with E-state index >= 15 is 0 Å². The quantitative estimate of drug-likeness (QED) is 0.668. The summed E-state index contributed by atoms with van der Waals surface area (Å²) in [5, 5.41) is 0. The summed E-state index contributed by atoms with van der Waals surface area (Å²) in [6.45, 7) is 5.53. The molecule has 1 fully saturated rings. The standard InChI is InChI=1S/C9H16N2O2S/c1-6-5-13-4-3-11(6)9(12)7(2)8(10)14/h6-7H,3-5H2,1-2H3,(H2,10,14). The molecule has 0 aromatic rings. The highest BCUT2D eigenvalue weighted by Gasteiger charge is 2.28. The maximum Gasteiger partial charge on any atom is 0.232 e. The van der Waals surface area contributed by atoms with Gasteiger partial charge in [0, 0.05) is 6.54 Å². The van der Waals surface area contributed by atoms with E-state index in [1.807, 2.05) is 6.92 Å². The van der Waals surface area contributed by atoms with Crippen LogP contribution in [-0.4, -0.2) is 41.6 Å². The molecule has 0 spiro atoms. The molecule has 5 heteroatoms. The first-order valence-electron chi connectivity index (χ1n) is 4.71. The molecule has 1 heterocycles. The van der Waals surface area contributed by atoms with Gasteiger partial charge in [-0.05, 0) is 13.8 Å². The first kappa shape index (κ1) is 11.4. The number of thiocarbonyl (C=S) groups is 1. The predicted molar refractivity (Wildman–Crippen MR) is 57.9 cm³/mol. The fourth-order valence-corrected chi connectivity index (χ4v) is 1.53. The largest absolute Gasteiger partial charge is 0.393 e. The topological polar surface area (TPSA) is 55.6 Å². The zero-order valence-corrected chi connectivity index (χ0v) is 9.34. The van der Waals surface area contributed by atoms with Crippen molar-refractivity contribution in [3.63, 3.8) is 0 Å². The van der Waals surface area contributed by atoms with E-state index < -0.39 is 0 Å². The molecule has 1 rings (SSSR count). The molecule has 0 aliphatic carbocycles. The van der Waals surface area contributed by atoms with Crippen LogP contribution >= 0.6 is 12.2 Å². The number of carbonyl (C=O) groups is 1. The Balaban J connectivity index is 2.62. The van der Waals surface area contributed by atoms with E-state index in [4.69, 9.17) is 22.7 Å². The minimum atomic E-state index is -0.370. The maximum absolute atomic E-state index is 11.9. The van der Waals surface area contributed by atoms with Gasteiger partial charge in [0.1, 0.15) is 0 Å². The van der Waals surface area contributed by atoms with Crippen molar-refractivity contribution in [2.45, 2.75) is 19.9 Å². The molecular formula is C9H16N2O2S. The number of rotatable bonds is 2. The summed E-state index contributed by atoms with van der Waals surface area (Å²) in [4.78, 5) is 13.9. The van der Waals surface area contributed by atoms with Gasteiger partial charge in [-0.1, -0.05) is 12.2 Å². The van der Waals surface area contributed by atoms with Gasteiger partial charge in [-0.25, -0.2) is 0 Å². The molecule has 4 nitrogen and oxygen atoms in total. The van der Waals surface area contributed by atoms with Crippen molar-refractivity contribution in [1.82, 2.24) is 4.90 Å². The normalized spacial score (nSPS) is 24.4. The van der Waals surface area contributed by atoms with Gasteiger partial charge in [0.15, 0.2) is 0 Å². The Bertz CT molecular complexity index is 245. The highest BCUT2D eigenvalue weighted by molar-refractivity contribution is 7.80. The smallest absolute Gasteiger partial charge is 0.232 e. The zero-order valence-electron chi connectivity index (χ0n) is 8.53. The SMILES string of the molecule is CC(C(=O)N1CCOCC1C)C(N)=S. The van der Waals surface area contributed by atoms with Crippen molar-refractivity contribution in [2.24, 2.45) is 11.7 Å². The van der Waals surface area contributed by atoms with Crippen molar-refractivity contribution in [3.8, 4) is 0 Å². The number of amides is 1. The van der Waals surface area contributed by atoms with Crippen LogP contribution in [-0.2, 0) is 9.53 Å². The van der Waals surface area contributed by atoms with E-state index in [1.165, 1.54) is 0 Å². The minimum Gasteiger partial charge on any atom is -0.393 e. The van der Waals surface area contributed by atoms with Gasteiger partial charge in [-0.2, -0.15) is 0 Å². The second-order valence-electron chi connectivity index (χ2n) is 3.58. The van der Waals surface area contributed by atoms with Crippen LogP contribution in [0.25, 0.3) is 0 Å². The van der Waals surface area contributed by atoms with Gasteiger partial charge in [0.2, 0.25) is 5.91 Å². The third-order valence-electron chi connectivity index (χ3n) is 2.45. The average Bonchev–Trinajstić information content (AvgIpc) is 2.16. The third kappa shape index (κ3) is 2.42. The van der Waals surface area contributed by atoms with E-state index in [9.17, 15) is 4.79 Å². The number of nitrogens with zero attached hydrogens (tertiary/aromatic N) is 1. The molecular weight excluding hydrogens is 200 g/mol. The summed E-state index contributed by atoms with van der Waals surface area (Å²) >= 11 is 4.80. The Morgan fingerprint density at radius 2 is 2.36 bits per heavy atom. The second-order valence-corrected chi connectivity index (χ2v) is 4.05. The molecule has 1 aliphatic rings. The number of morpholine rings is 1. The second kappa shape index (κ2) is 4.70. The highest BCUT2D eigenvalue weighted by atomic mass is 32.1. The summed E-state index contributed by atoms with van der Waals surface area (Å²) in [5.41, 5.74) is 5.44. The first-order valence-corrected chi connectivity index (χ1v) is 5.12. The molecule has 0 saturated carbocycles. The van der Waals surface area contributed by atoms with Crippen LogP contribution in [0.15, 0.2) is 0 Å². The third-order valence-corrected chi connectivity index (χ3v) is 2.80. The summed E-state index contributed by atoms with van der Waals surface area (Å²) < 4.78 is 5.24. The molecule has 2 N–H and O–H groups in total. The Hall–Kier alpha value is -0.680. The van der Waals surface area contributed by atoms with E-state index in [0.717, 1.165) is 0 Å². The Labute approximate surface area is 89.4 Å². The lowest BCUT2D eigenvalue weighted by Crippen LogP contribution is -2.50. The van der Waals surface area contributed by atoms with Crippen LogP contribution in [0, 0.1) is 5.92 Å². The monoisotopic (exact) mass is 216 g/mol. The molecule has 0 aromatic carbocycles. The van der Waals surface area contributed by atoms with Crippen LogP contribution in [0.4, 0.5) is 0 Å². The lowest BCUT2D eigenvalue weighted by atomic mass is 10.1. The van der Waals surface area contributed by atoms with Crippen molar-refractivity contribution in [1.29, 1.82) is 0 Å². The minimum absolute atomic E-state index is 0.00769. The molecule has 0 radical (unpaired) electrons. The lowest BCUT2D eigenvalue weighted by molar-refractivity contribution is -0.140. The highest BCUT2D eigenvalue weighted by Crippen LogP contribution is 2.11. The van der Waals surface area contributed by atoms with E-state index in [0.29, 0.717) is 19.8 Å². The number of ether oxygens (including phenoxy) is 1. The zero-order chi connectivity index (χ0) is 10.7. The number of hydrogen-bond donors (Lipinski definition) is 1.